The molecule has 0 unspecified atom stereocenters. The maximum atomic E-state index is 14.0. The molecule has 0 radical (unpaired) electrons. The van der Waals surface area contributed by atoms with E-state index >= 15 is 0 Å². The average molecular weight is 493 g/mol. The lowest BCUT2D eigenvalue weighted by molar-refractivity contribution is -0.614. The summed E-state index contributed by atoms with van der Waals surface area (Å²) in [5.41, 5.74) is 5.80. The lowest BCUT2D eigenvalue weighted by atomic mass is 10.00. The second kappa shape index (κ2) is 10.6. The highest BCUT2D eigenvalue weighted by Gasteiger charge is 2.40. The van der Waals surface area contributed by atoms with Gasteiger partial charge in [-0.25, -0.2) is 13.2 Å². The topological polar surface area (TPSA) is 93.6 Å². The summed E-state index contributed by atoms with van der Waals surface area (Å²) in [6.45, 7) is 6.44. The Bertz CT molecular complexity index is 1090. The molecule has 2 amide bonds. The number of carbonyl (C=O) groups is 2. The first-order valence-electron chi connectivity index (χ1n) is 11.6. The van der Waals surface area contributed by atoms with Crippen molar-refractivity contribution in [3.8, 4) is 0 Å². The van der Waals surface area contributed by atoms with Crippen molar-refractivity contribution in [2.45, 2.75) is 64.1 Å². The standard InChI is InChI=1S/C25H31F3N4O3/c1-25(2,3)31-9-6-8-30(22(24(31)34)14-18-7-4-5-10-32(18)35)23(33)13-17(29)11-16-12-20(27)21(28)15-19(16)26/h4-5,7,10,12,15,17,22H,6,8-9,11,13-14,29H2,1-3H3/t17-,22-/m1/s1. The normalized spacial score (nSPS) is 17.9. The minimum Gasteiger partial charge on any atom is -0.619 e. The van der Waals surface area contributed by atoms with E-state index in [9.17, 15) is 28.0 Å². The van der Waals surface area contributed by atoms with Crippen LogP contribution >= 0.6 is 0 Å². The van der Waals surface area contributed by atoms with E-state index in [0.29, 0.717) is 29.5 Å². The third-order valence-corrected chi connectivity index (χ3v) is 6.15. The number of carbonyl (C=O) groups excluding carboxylic acids is 2. The van der Waals surface area contributed by atoms with Crippen LogP contribution in [0.25, 0.3) is 0 Å². The predicted octanol–water partition coefficient (Wildman–Crippen LogP) is 2.47. The summed E-state index contributed by atoms with van der Waals surface area (Å²) in [7, 11) is 0. The predicted molar refractivity (Wildman–Crippen MR) is 123 cm³/mol. The molecule has 1 aliphatic heterocycles. The smallest absolute Gasteiger partial charge is 0.246 e. The van der Waals surface area contributed by atoms with Gasteiger partial charge >= 0.3 is 0 Å². The monoisotopic (exact) mass is 492 g/mol. The van der Waals surface area contributed by atoms with Gasteiger partial charge in [-0.2, -0.15) is 4.73 Å². The number of rotatable bonds is 6. The van der Waals surface area contributed by atoms with Crippen LogP contribution in [-0.2, 0) is 22.4 Å². The van der Waals surface area contributed by atoms with Gasteiger partial charge in [0.1, 0.15) is 11.9 Å². The Balaban J connectivity index is 1.83. The number of pyridine rings is 1. The molecule has 0 saturated carbocycles. The Morgan fingerprint density at radius 2 is 1.86 bits per heavy atom. The first-order valence-corrected chi connectivity index (χ1v) is 11.6. The molecule has 0 bridgehead atoms. The number of aromatic nitrogens is 1. The minimum atomic E-state index is -1.30. The largest absolute Gasteiger partial charge is 0.619 e. The summed E-state index contributed by atoms with van der Waals surface area (Å²) in [4.78, 5) is 30.0. The first kappa shape index (κ1) is 26.5. The average Bonchev–Trinajstić information content (AvgIpc) is 2.92. The van der Waals surface area contributed by atoms with Gasteiger partial charge in [0.15, 0.2) is 23.5 Å². The fourth-order valence-corrected chi connectivity index (χ4v) is 4.38. The molecule has 1 aromatic heterocycles. The molecule has 2 heterocycles. The van der Waals surface area contributed by atoms with Gasteiger partial charge < -0.3 is 20.7 Å². The van der Waals surface area contributed by atoms with Crippen LogP contribution in [0, 0.1) is 22.7 Å². The van der Waals surface area contributed by atoms with Gasteiger partial charge in [-0.15, -0.1) is 0 Å². The lowest BCUT2D eigenvalue weighted by Crippen LogP contribution is -2.55. The highest BCUT2D eigenvalue weighted by Crippen LogP contribution is 2.24. The van der Waals surface area contributed by atoms with Gasteiger partial charge in [-0.3, -0.25) is 9.59 Å². The van der Waals surface area contributed by atoms with Crippen LogP contribution in [0.4, 0.5) is 13.2 Å². The highest BCUT2D eigenvalue weighted by molar-refractivity contribution is 5.89. The van der Waals surface area contributed by atoms with Crippen LogP contribution in [-0.4, -0.2) is 52.3 Å². The van der Waals surface area contributed by atoms with Crippen molar-refractivity contribution in [1.29, 1.82) is 0 Å². The van der Waals surface area contributed by atoms with Crippen LogP contribution in [0.15, 0.2) is 36.5 Å². The van der Waals surface area contributed by atoms with Crippen LogP contribution in [0.3, 0.4) is 0 Å². The third kappa shape index (κ3) is 6.30. The number of hydrogen-bond acceptors (Lipinski definition) is 4. The molecule has 2 aromatic rings. The zero-order valence-corrected chi connectivity index (χ0v) is 20.1. The van der Waals surface area contributed by atoms with Crippen LogP contribution in [0.2, 0.25) is 0 Å². The van der Waals surface area contributed by atoms with E-state index in [0.717, 1.165) is 6.07 Å². The molecule has 190 valence electrons. The first-order chi connectivity index (χ1) is 16.4. The van der Waals surface area contributed by atoms with Crippen LogP contribution in [0.1, 0.15) is 44.9 Å². The van der Waals surface area contributed by atoms with E-state index in [1.807, 2.05) is 20.8 Å². The summed E-state index contributed by atoms with van der Waals surface area (Å²) in [5, 5.41) is 12.3. The van der Waals surface area contributed by atoms with E-state index in [4.69, 9.17) is 5.73 Å². The van der Waals surface area contributed by atoms with Crippen molar-refractivity contribution in [2.24, 2.45) is 5.73 Å². The molecule has 0 aliphatic carbocycles. The second-order valence-corrected chi connectivity index (χ2v) is 9.87. The number of amides is 2. The molecule has 0 spiro atoms. The zero-order valence-electron chi connectivity index (χ0n) is 20.1. The second-order valence-electron chi connectivity index (χ2n) is 9.87. The molecule has 1 saturated heterocycles. The maximum absolute atomic E-state index is 14.0. The number of halogens is 3. The van der Waals surface area contributed by atoms with Gasteiger partial charge in [0.25, 0.3) is 0 Å². The quantitative estimate of drug-likeness (QED) is 0.381. The molecular weight excluding hydrogens is 461 g/mol. The van der Waals surface area contributed by atoms with Crippen LogP contribution < -0.4 is 10.5 Å². The fourth-order valence-electron chi connectivity index (χ4n) is 4.38. The van der Waals surface area contributed by atoms with Crippen molar-refractivity contribution >= 4 is 11.8 Å². The number of nitrogens with zero attached hydrogens (tertiary/aromatic N) is 3. The fraction of sp³-hybridized carbons (Fsp3) is 0.480. The van der Waals surface area contributed by atoms with E-state index < -0.39 is 41.0 Å². The van der Waals surface area contributed by atoms with Gasteiger partial charge in [0, 0.05) is 49.3 Å². The minimum absolute atomic E-state index is 0.0224. The van der Waals surface area contributed by atoms with E-state index in [1.54, 1.807) is 23.1 Å². The number of nitrogens with two attached hydrogens (primary N) is 1. The number of hydrogen-bond donors (Lipinski definition) is 1. The lowest BCUT2D eigenvalue weighted by Gasteiger charge is -2.37. The van der Waals surface area contributed by atoms with Crippen molar-refractivity contribution in [3.05, 3.63) is 70.4 Å². The summed E-state index contributed by atoms with van der Waals surface area (Å²) < 4.78 is 41.5. The molecule has 2 N–H and O–H groups in total. The van der Waals surface area contributed by atoms with E-state index in [2.05, 4.69) is 0 Å². The van der Waals surface area contributed by atoms with Crippen molar-refractivity contribution < 1.29 is 27.5 Å². The summed E-state index contributed by atoms with van der Waals surface area (Å²) in [5.74, 6) is -4.15. The van der Waals surface area contributed by atoms with Gasteiger partial charge in [-0.05, 0) is 45.2 Å². The molecule has 1 fully saturated rings. The Kier molecular flexibility index (Phi) is 8.04. The maximum Gasteiger partial charge on any atom is 0.246 e. The van der Waals surface area contributed by atoms with Gasteiger partial charge in [0.2, 0.25) is 11.8 Å². The summed E-state index contributed by atoms with van der Waals surface area (Å²) in [6.07, 6.45) is 1.47. The molecule has 35 heavy (non-hydrogen) atoms. The highest BCUT2D eigenvalue weighted by atomic mass is 19.2. The van der Waals surface area contributed by atoms with E-state index in [-0.39, 0.29) is 37.3 Å². The van der Waals surface area contributed by atoms with Crippen molar-refractivity contribution in [2.75, 3.05) is 13.1 Å². The Hall–Kier alpha value is -3.14. The zero-order chi connectivity index (χ0) is 25.9. The Morgan fingerprint density at radius 3 is 2.51 bits per heavy atom. The Morgan fingerprint density at radius 1 is 1.17 bits per heavy atom. The molecule has 7 nitrogen and oxygen atoms in total. The molecule has 2 atom stereocenters. The summed E-state index contributed by atoms with van der Waals surface area (Å²) in [6, 6.07) is 4.24. The van der Waals surface area contributed by atoms with Gasteiger partial charge in [0.05, 0.1) is 6.42 Å². The van der Waals surface area contributed by atoms with Crippen molar-refractivity contribution in [3.63, 3.8) is 0 Å². The SMILES string of the molecule is CC(C)(C)N1CCCN(C(=O)C[C@H](N)Cc2cc(F)c(F)cc2F)[C@H](Cc2cccc[n+]2[O-])C1=O. The van der Waals surface area contributed by atoms with E-state index in [1.165, 1.54) is 11.1 Å². The molecule has 1 aromatic carbocycles. The molecule has 3 rings (SSSR count). The number of benzene rings is 1. The molecule has 10 heteroatoms. The third-order valence-electron chi connectivity index (χ3n) is 6.15. The molecule has 1 aliphatic rings. The van der Waals surface area contributed by atoms with Crippen LogP contribution in [0.5, 0.6) is 0 Å². The Labute approximate surface area is 202 Å². The molecular formula is C25H31F3N4O3. The van der Waals surface area contributed by atoms with Gasteiger partial charge in [-0.1, -0.05) is 6.07 Å². The van der Waals surface area contributed by atoms with Crippen molar-refractivity contribution in [1.82, 2.24) is 9.80 Å². The summed E-state index contributed by atoms with van der Waals surface area (Å²) >= 11 is 0.